The minimum absolute atomic E-state index is 0.0248. The van der Waals surface area contributed by atoms with Crippen LogP contribution in [0.15, 0.2) is 18.2 Å². The van der Waals surface area contributed by atoms with Crippen molar-refractivity contribution >= 4 is 0 Å². The second-order valence-corrected chi connectivity index (χ2v) is 4.55. The number of rotatable bonds is 1. The summed E-state index contributed by atoms with van der Waals surface area (Å²) >= 11 is 0. The van der Waals surface area contributed by atoms with Crippen LogP contribution in [0.25, 0.3) is 0 Å². The van der Waals surface area contributed by atoms with Crippen LogP contribution in [0.4, 0.5) is 17.6 Å². The zero-order chi connectivity index (χ0) is 14.3. The van der Waals surface area contributed by atoms with Gasteiger partial charge in [0, 0.05) is 18.6 Å². The molecule has 1 aromatic carbocycles. The molecule has 3 nitrogen and oxygen atoms in total. The number of benzene rings is 1. The van der Waals surface area contributed by atoms with Crippen molar-refractivity contribution in [3.63, 3.8) is 0 Å². The lowest BCUT2D eigenvalue weighted by Gasteiger charge is -2.38. The normalized spacial score (nSPS) is 28.4. The maximum atomic E-state index is 13.8. The van der Waals surface area contributed by atoms with E-state index >= 15 is 0 Å². The van der Waals surface area contributed by atoms with Gasteiger partial charge in [0.05, 0.1) is 18.2 Å². The van der Waals surface area contributed by atoms with Gasteiger partial charge in [-0.05, 0) is 12.1 Å². The van der Waals surface area contributed by atoms with Crippen molar-refractivity contribution in [1.29, 1.82) is 0 Å². The molecule has 3 N–H and O–H groups in total. The second-order valence-electron chi connectivity index (χ2n) is 4.55. The highest BCUT2D eigenvalue weighted by molar-refractivity contribution is 5.32. The SMILES string of the molecule is NC1COCCC1(O)c1ccc(C(F)(F)F)cc1F. The average Bonchev–Trinajstić information content (AvgIpc) is 2.31. The van der Waals surface area contributed by atoms with E-state index in [1.54, 1.807) is 0 Å². The Labute approximate surface area is 107 Å². The summed E-state index contributed by atoms with van der Waals surface area (Å²) in [5.74, 6) is -1.12. The highest BCUT2D eigenvalue weighted by Gasteiger charge is 2.42. The monoisotopic (exact) mass is 279 g/mol. The molecule has 0 radical (unpaired) electrons. The number of halogens is 4. The van der Waals surface area contributed by atoms with Crippen LogP contribution in [0.1, 0.15) is 17.5 Å². The van der Waals surface area contributed by atoms with E-state index in [0.29, 0.717) is 6.07 Å². The molecule has 106 valence electrons. The summed E-state index contributed by atoms with van der Waals surface area (Å²) in [7, 11) is 0. The second kappa shape index (κ2) is 4.73. The van der Waals surface area contributed by atoms with E-state index in [1.165, 1.54) is 0 Å². The van der Waals surface area contributed by atoms with Gasteiger partial charge in [-0.1, -0.05) is 6.07 Å². The van der Waals surface area contributed by atoms with E-state index in [1.807, 2.05) is 0 Å². The number of nitrogens with two attached hydrogens (primary N) is 1. The fraction of sp³-hybridized carbons (Fsp3) is 0.500. The van der Waals surface area contributed by atoms with Crippen LogP contribution in [0.2, 0.25) is 0 Å². The first kappa shape index (κ1) is 14.2. The van der Waals surface area contributed by atoms with Gasteiger partial charge < -0.3 is 15.6 Å². The molecule has 19 heavy (non-hydrogen) atoms. The first-order valence-electron chi connectivity index (χ1n) is 5.68. The Morgan fingerprint density at radius 2 is 2.05 bits per heavy atom. The number of hydrogen-bond donors (Lipinski definition) is 2. The Morgan fingerprint density at radius 3 is 2.58 bits per heavy atom. The van der Waals surface area contributed by atoms with E-state index in [0.717, 1.165) is 12.1 Å². The van der Waals surface area contributed by atoms with E-state index in [4.69, 9.17) is 10.5 Å². The third kappa shape index (κ3) is 2.58. The number of aliphatic hydroxyl groups is 1. The fourth-order valence-electron chi connectivity index (χ4n) is 2.14. The number of alkyl halides is 3. The first-order chi connectivity index (χ1) is 8.75. The van der Waals surface area contributed by atoms with Gasteiger partial charge >= 0.3 is 6.18 Å². The first-order valence-corrected chi connectivity index (χ1v) is 5.68. The van der Waals surface area contributed by atoms with Gasteiger partial charge in [-0.25, -0.2) is 4.39 Å². The van der Waals surface area contributed by atoms with Crippen molar-refractivity contribution in [3.8, 4) is 0 Å². The molecule has 2 atom stereocenters. The molecular formula is C12H13F4NO2. The molecule has 0 aromatic heterocycles. The van der Waals surface area contributed by atoms with Crippen molar-refractivity contribution in [2.24, 2.45) is 5.73 Å². The lowest BCUT2D eigenvalue weighted by atomic mass is 9.82. The maximum Gasteiger partial charge on any atom is 0.416 e. The third-order valence-corrected chi connectivity index (χ3v) is 3.30. The quantitative estimate of drug-likeness (QED) is 0.770. The number of hydrogen-bond acceptors (Lipinski definition) is 3. The predicted octanol–water partition coefficient (Wildman–Crippen LogP) is 1.78. The summed E-state index contributed by atoms with van der Waals surface area (Å²) in [6.45, 7) is 0.196. The van der Waals surface area contributed by atoms with Gasteiger partial charge in [0.2, 0.25) is 0 Å². The molecule has 1 aliphatic heterocycles. The standard InChI is InChI=1S/C12H13F4NO2/c13-9-5-7(12(14,15)16)1-2-8(9)11(18)3-4-19-6-10(11)17/h1-2,5,10,18H,3-4,6,17H2. The highest BCUT2D eigenvalue weighted by Crippen LogP contribution is 2.36. The zero-order valence-electron chi connectivity index (χ0n) is 9.88. The molecule has 1 saturated heterocycles. The lowest BCUT2D eigenvalue weighted by Crippen LogP contribution is -2.52. The largest absolute Gasteiger partial charge is 0.416 e. The van der Waals surface area contributed by atoms with Crippen molar-refractivity contribution in [1.82, 2.24) is 0 Å². The third-order valence-electron chi connectivity index (χ3n) is 3.30. The van der Waals surface area contributed by atoms with Crippen molar-refractivity contribution in [2.45, 2.75) is 24.2 Å². The Bertz CT molecular complexity index is 477. The highest BCUT2D eigenvalue weighted by atomic mass is 19.4. The topological polar surface area (TPSA) is 55.5 Å². The Balaban J connectivity index is 2.41. The van der Waals surface area contributed by atoms with Crippen LogP contribution in [-0.4, -0.2) is 24.4 Å². The summed E-state index contributed by atoms with van der Waals surface area (Å²) < 4.78 is 56.2. The van der Waals surface area contributed by atoms with Crippen LogP contribution in [0, 0.1) is 5.82 Å². The molecule has 2 rings (SSSR count). The van der Waals surface area contributed by atoms with Gasteiger partial charge in [-0.2, -0.15) is 13.2 Å². The summed E-state index contributed by atoms with van der Waals surface area (Å²) in [6.07, 6.45) is -4.59. The molecule has 1 fully saturated rings. The Morgan fingerprint density at radius 1 is 1.37 bits per heavy atom. The molecule has 7 heteroatoms. The number of ether oxygens (including phenoxy) is 1. The molecule has 2 unspecified atom stereocenters. The smallest absolute Gasteiger partial charge is 0.383 e. The minimum atomic E-state index is -4.63. The molecule has 0 aliphatic carbocycles. The van der Waals surface area contributed by atoms with Crippen LogP contribution < -0.4 is 5.73 Å². The van der Waals surface area contributed by atoms with Crippen LogP contribution in [-0.2, 0) is 16.5 Å². The van der Waals surface area contributed by atoms with Crippen molar-refractivity contribution < 1.29 is 27.4 Å². The van der Waals surface area contributed by atoms with Gasteiger partial charge in [0.15, 0.2) is 0 Å². The van der Waals surface area contributed by atoms with E-state index in [-0.39, 0.29) is 25.2 Å². The van der Waals surface area contributed by atoms with Crippen molar-refractivity contribution in [3.05, 3.63) is 35.1 Å². The van der Waals surface area contributed by atoms with Crippen LogP contribution in [0.3, 0.4) is 0 Å². The average molecular weight is 279 g/mol. The fourth-order valence-corrected chi connectivity index (χ4v) is 2.14. The summed E-state index contributed by atoms with van der Waals surface area (Å²) in [4.78, 5) is 0. The molecular weight excluding hydrogens is 266 g/mol. The molecule has 0 saturated carbocycles. The molecule has 0 spiro atoms. The van der Waals surface area contributed by atoms with Gasteiger partial charge in [0.25, 0.3) is 0 Å². The summed E-state index contributed by atoms with van der Waals surface area (Å²) in [5.41, 5.74) is 2.65. The summed E-state index contributed by atoms with van der Waals surface area (Å²) in [5, 5.41) is 10.4. The van der Waals surface area contributed by atoms with E-state index in [2.05, 4.69) is 0 Å². The Hall–Kier alpha value is -1.18. The van der Waals surface area contributed by atoms with Gasteiger partial charge in [-0.3, -0.25) is 0 Å². The lowest BCUT2D eigenvalue weighted by molar-refractivity contribution is -0.138. The van der Waals surface area contributed by atoms with E-state index in [9.17, 15) is 22.7 Å². The van der Waals surface area contributed by atoms with Gasteiger partial charge in [0.1, 0.15) is 11.4 Å². The molecule has 1 aromatic rings. The van der Waals surface area contributed by atoms with E-state index < -0.39 is 29.2 Å². The summed E-state index contributed by atoms with van der Waals surface area (Å²) in [6, 6.07) is 1.16. The zero-order valence-corrected chi connectivity index (χ0v) is 9.88. The van der Waals surface area contributed by atoms with Crippen LogP contribution in [0.5, 0.6) is 0 Å². The molecule has 1 heterocycles. The van der Waals surface area contributed by atoms with Crippen molar-refractivity contribution in [2.75, 3.05) is 13.2 Å². The molecule has 0 bridgehead atoms. The van der Waals surface area contributed by atoms with Gasteiger partial charge in [-0.15, -0.1) is 0 Å². The molecule has 1 aliphatic rings. The molecule has 0 amide bonds. The van der Waals surface area contributed by atoms with Crippen LogP contribution >= 0.6 is 0 Å². The maximum absolute atomic E-state index is 13.8. The Kier molecular flexibility index (Phi) is 3.55. The minimum Gasteiger partial charge on any atom is -0.383 e. The predicted molar refractivity (Wildman–Crippen MR) is 58.7 cm³/mol.